The number of nitrogens with zero attached hydrogens (tertiary/aromatic N) is 1. The lowest BCUT2D eigenvalue weighted by Gasteiger charge is -2.23. The molecule has 1 aliphatic heterocycles. The molecule has 0 radical (unpaired) electrons. The second kappa shape index (κ2) is 7.75. The predicted molar refractivity (Wildman–Crippen MR) is 82.3 cm³/mol. The molecule has 1 heterocycles. The quantitative estimate of drug-likeness (QED) is 0.882. The molecule has 2 rings (SSSR count). The molecule has 1 fully saturated rings. The van der Waals surface area contributed by atoms with E-state index in [1.165, 1.54) is 50.9 Å². The predicted octanol–water partition coefficient (Wildman–Crippen LogP) is 3.74. The maximum Gasteiger partial charge on any atom is 0.123 e. The lowest BCUT2D eigenvalue weighted by molar-refractivity contribution is 0.281. The van der Waals surface area contributed by atoms with Crippen molar-refractivity contribution in [3.8, 4) is 0 Å². The van der Waals surface area contributed by atoms with Crippen LogP contribution >= 0.6 is 0 Å². The van der Waals surface area contributed by atoms with E-state index in [9.17, 15) is 4.39 Å². The van der Waals surface area contributed by atoms with E-state index in [-0.39, 0.29) is 5.82 Å². The molecule has 0 aliphatic carbocycles. The zero-order valence-electron chi connectivity index (χ0n) is 12.7. The Morgan fingerprint density at radius 1 is 1.25 bits per heavy atom. The first-order valence-corrected chi connectivity index (χ1v) is 7.93. The molecule has 1 unspecified atom stereocenters. The number of rotatable bonds is 5. The van der Waals surface area contributed by atoms with E-state index in [1.807, 2.05) is 12.1 Å². The highest BCUT2D eigenvalue weighted by Crippen LogP contribution is 2.18. The van der Waals surface area contributed by atoms with Crippen molar-refractivity contribution >= 4 is 0 Å². The third kappa shape index (κ3) is 4.57. The van der Waals surface area contributed by atoms with Crippen molar-refractivity contribution in [1.82, 2.24) is 10.2 Å². The fraction of sp³-hybridized carbons (Fsp3) is 0.647. The van der Waals surface area contributed by atoms with Gasteiger partial charge >= 0.3 is 0 Å². The summed E-state index contributed by atoms with van der Waals surface area (Å²) >= 11 is 0. The molecule has 0 amide bonds. The minimum Gasteiger partial charge on any atom is -0.307 e. The Morgan fingerprint density at radius 3 is 2.70 bits per heavy atom. The van der Waals surface area contributed by atoms with Crippen molar-refractivity contribution in [3.05, 3.63) is 35.6 Å². The summed E-state index contributed by atoms with van der Waals surface area (Å²) in [6, 6.07) is 7.73. The average molecular weight is 278 g/mol. The Kier molecular flexibility index (Phi) is 5.99. The molecule has 3 heteroatoms. The van der Waals surface area contributed by atoms with E-state index in [2.05, 4.69) is 24.1 Å². The Balaban J connectivity index is 1.85. The number of benzene rings is 1. The second-order valence-corrected chi connectivity index (χ2v) is 5.91. The van der Waals surface area contributed by atoms with E-state index in [4.69, 9.17) is 0 Å². The van der Waals surface area contributed by atoms with E-state index < -0.39 is 0 Å². The van der Waals surface area contributed by atoms with Crippen molar-refractivity contribution in [2.45, 2.75) is 51.6 Å². The molecular formula is C17H27FN2. The monoisotopic (exact) mass is 278 g/mol. The summed E-state index contributed by atoms with van der Waals surface area (Å²) in [6.07, 6.45) is 4.97. The second-order valence-electron chi connectivity index (χ2n) is 5.91. The van der Waals surface area contributed by atoms with Crippen LogP contribution in [-0.2, 0) is 0 Å². The van der Waals surface area contributed by atoms with Crippen LogP contribution in [0.3, 0.4) is 0 Å². The summed E-state index contributed by atoms with van der Waals surface area (Å²) in [4.78, 5) is 2.57. The van der Waals surface area contributed by atoms with Gasteiger partial charge in [-0.05, 0) is 69.9 Å². The maximum absolute atomic E-state index is 13.0. The number of likely N-dealkylation sites (tertiary alicyclic amines) is 1. The minimum absolute atomic E-state index is 0.161. The molecule has 112 valence electrons. The van der Waals surface area contributed by atoms with E-state index in [0.717, 1.165) is 0 Å². The van der Waals surface area contributed by atoms with Gasteiger partial charge in [0.25, 0.3) is 0 Å². The van der Waals surface area contributed by atoms with Crippen LogP contribution in [-0.4, -0.2) is 30.6 Å². The molecule has 1 aromatic rings. The van der Waals surface area contributed by atoms with Crippen LogP contribution in [0.2, 0.25) is 0 Å². The van der Waals surface area contributed by atoms with Gasteiger partial charge in [-0.15, -0.1) is 0 Å². The van der Waals surface area contributed by atoms with Crippen LogP contribution in [0.25, 0.3) is 0 Å². The Labute approximate surface area is 122 Å². The smallest absolute Gasteiger partial charge is 0.123 e. The third-order valence-corrected chi connectivity index (χ3v) is 4.22. The first kappa shape index (κ1) is 15.5. The zero-order valence-corrected chi connectivity index (χ0v) is 12.7. The first-order valence-electron chi connectivity index (χ1n) is 7.93. The minimum atomic E-state index is -0.161. The number of nitrogens with one attached hydrogen (secondary N) is 1. The van der Waals surface area contributed by atoms with Crippen LogP contribution in [0, 0.1) is 5.82 Å². The molecule has 1 aromatic carbocycles. The highest BCUT2D eigenvalue weighted by Gasteiger charge is 2.18. The van der Waals surface area contributed by atoms with Gasteiger partial charge in [0.15, 0.2) is 0 Å². The molecule has 1 N–H and O–H groups in total. The standard InChI is InChI=1S/C17H27FN2/c1-3-11-20-12-4-5-17(10-13-20)19-14(2)15-6-8-16(18)9-7-15/h6-9,14,17,19H,3-5,10-13H2,1-2H3/t14-,17?/m0/s1. The number of hydrogen-bond donors (Lipinski definition) is 1. The molecule has 0 saturated carbocycles. The fourth-order valence-corrected chi connectivity index (χ4v) is 3.06. The summed E-state index contributed by atoms with van der Waals surface area (Å²) in [6.45, 7) is 8.07. The molecular weight excluding hydrogens is 251 g/mol. The van der Waals surface area contributed by atoms with Gasteiger partial charge in [0.2, 0.25) is 0 Å². The highest BCUT2D eigenvalue weighted by molar-refractivity contribution is 5.19. The van der Waals surface area contributed by atoms with Crippen molar-refractivity contribution in [3.63, 3.8) is 0 Å². The summed E-state index contributed by atoms with van der Waals surface area (Å²) in [7, 11) is 0. The van der Waals surface area contributed by atoms with Crippen LogP contribution < -0.4 is 5.32 Å². The summed E-state index contributed by atoms with van der Waals surface area (Å²) < 4.78 is 13.0. The van der Waals surface area contributed by atoms with E-state index in [1.54, 1.807) is 12.1 Å². The van der Waals surface area contributed by atoms with Gasteiger partial charge in [0.05, 0.1) is 0 Å². The molecule has 2 atom stereocenters. The van der Waals surface area contributed by atoms with Crippen LogP contribution in [0.4, 0.5) is 4.39 Å². The zero-order chi connectivity index (χ0) is 14.4. The normalized spacial score (nSPS) is 22.4. The number of halogens is 1. The topological polar surface area (TPSA) is 15.3 Å². The van der Waals surface area contributed by atoms with Gasteiger partial charge in [-0.25, -0.2) is 4.39 Å². The Morgan fingerprint density at radius 2 is 2.00 bits per heavy atom. The summed E-state index contributed by atoms with van der Waals surface area (Å²) in [5.74, 6) is -0.161. The first-order chi connectivity index (χ1) is 9.69. The molecule has 1 aliphatic rings. The third-order valence-electron chi connectivity index (χ3n) is 4.22. The Bertz CT molecular complexity index is 390. The molecule has 0 aromatic heterocycles. The van der Waals surface area contributed by atoms with Crippen molar-refractivity contribution < 1.29 is 4.39 Å². The van der Waals surface area contributed by atoms with Crippen molar-refractivity contribution in [2.24, 2.45) is 0 Å². The van der Waals surface area contributed by atoms with Crippen molar-refractivity contribution in [1.29, 1.82) is 0 Å². The number of hydrogen-bond acceptors (Lipinski definition) is 2. The maximum atomic E-state index is 13.0. The van der Waals surface area contributed by atoms with Crippen LogP contribution in [0.15, 0.2) is 24.3 Å². The SMILES string of the molecule is CCCN1CCCC(N[C@@H](C)c2ccc(F)cc2)CC1. The van der Waals surface area contributed by atoms with Gasteiger partial charge in [0.1, 0.15) is 5.82 Å². The summed E-state index contributed by atoms with van der Waals surface area (Å²) in [5, 5.41) is 3.71. The highest BCUT2D eigenvalue weighted by atomic mass is 19.1. The fourth-order valence-electron chi connectivity index (χ4n) is 3.06. The molecule has 0 bridgehead atoms. The lowest BCUT2D eigenvalue weighted by atomic mass is 10.0. The molecule has 1 saturated heterocycles. The van der Waals surface area contributed by atoms with E-state index >= 15 is 0 Å². The average Bonchev–Trinajstić information content (AvgIpc) is 2.66. The van der Waals surface area contributed by atoms with Gasteiger partial charge in [-0.2, -0.15) is 0 Å². The molecule has 0 spiro atoms. The Hall–Kier alpha value is -0.930. The van der Waals surface area contributed by atoms with Crippen molar-refractivity contribution in [2.75, 3.05) is 19.6 Å². The van der Waals surface area contributed by atoms with Gasteiger partial charge < -0.3 is 10.2 Å². The van der Waals surface area contributed by atoms with E-state index in [0.29, 0.717) is 12.1 Å². The van der Waals surface area contributed by atoms with Crippen LogP contribution in [0.1, 0.15) is 51.1 Å². The van der Waals surface area contributed by atoms with Gasteiger partial charge in [-0.1, -0.05) is 19.1 Å². The molecule has 2 nitrogen and oxygen atoms in total. The van der Waals surface area contributed by atoms with Gasteiger partial charge in [-0.3, -0.25) is 0 Å². The van der Waals surface area contributed by atoms with Gasteiger partial charge in [0, 0.05) is 12.1 Å². The molecule has 20 heavy (non-hydrogen) atoms. The van der Waals surface area contributed by atoms with Crippen LogP contribution in [0.5, 0.6) is 0 Å². The summed E-state index contributed by atoms with van der Waals surface area (Å²) in [5.41, 5.74) is 1.17. The lowest BCUT2D eigenvalue weighted by Crippen LogP contribution is -2.33. The largest absolute Gasteiger partial charge is 0.307 e.